The van der Waals surface area contributed by atoms with Crippen molar-refractivity contribution in [2.45, 2.75) is 13.3 Å². The number of hydrogen-bond donors (Lipinski definition) is 0. The van der Waals surface area contributed by atoms with Crippen molar-refractivity contribution >= 4 is 17.9 Å². The predicted octanol–water partition coefficient (Wildman–Crippen LogP) is 2.62. The minimum absolute atomic E-state index is 0.0308. The molecule has 0 heterocycles. The van der Waals surface area contributed by atoms with E-state index in [0.717, 1.165) is 6.07 Å². The Labute approximate surface area is 86.6 Å². The molecule has 0 N–H and O–H groups in total. The van der Waals surface area contributed by atoms with Crippen LogP contribution < -0.4 is 4.74 Å². The third-order valence-corrected chi connectivity index (χ3v) is 2.00. The van der Waals surface area contributed by atoms with E-state index in [4.69, 9.17) is 16.3 Å². The Morgan fingerprint density at radius 2 is 2.29 bits per heavy atom. The normalized spacial score (nSPS) is 9.93. The topological polar surface area (TPSA) is 26.3 Å². The molecule has 0 atom stereocenters. The van der Waals surface area contributed by atoms with E-state index in [1.807, 2.05) is 0 Å². The van der Waals surface area contributed by atoms with E-state index in [-0.39, 0.29) is 11.4 Å². The fourth-order valence-electron chi connectivity index (χ4n) is 1.08. The number of aldehydes is 1. The van der Waals surface area contributed by atoms with E-state index in [1.165, 1.54) is 6.07 Å². The maximum atomic E-state index is 13.2. The lowest BCUT2D eigenvalue weighted by atomic mass is 10.1. The van der Waals surface area contributed by atoms with E-state index < -0.39 is 5.82 Å². The first-order valence-corrected chi connectivity index (χ1v) is 4.61. The summed E-state index contributed by atoms with van der Waals surface area (Å²) in [5.41, 5.74) is 0.299. The number of carbonyl (C=O) groups excluding carboxylic acids is 1. The largest absolute Gasteiger partial charge is 0.492 e. The Balaban J connectivity index is 3.06. The van der Waals surface area contributed by atoms with Crippen LogP contribution in [0.25, 0.3) is 0 Å². The maximum Gasteiger partial charge on any atom is 0.138 e. The highest BCUT2D eigenvalue weighted by molar-refractivity contribution is 6.32. The van der Waals surface area contributed by atoms with Gasteiger partial charge in [0.15, 0.2) is 0 Å². The van der Waals surface area contributed by atoms with E-state index in [2.05, 4.69) is 0 Å². The molecule has 0 aliphatic carbocycles. The van der Waals surface area contributed by atoms with Crippen LogP contribution in [0.5, 0.6) is 5.75 Å². The van der Waals surface area contributed by atoms with Gasteiger partial charge in [-0.1, -0.05) is 11.6 Å². The summed E-state index contributed by atoms with van der Waals surface area (Å²) in [5, 5.41) is 0.221. The lowest BCUT2D eigenvalue weighted by molar-refractivity contribution is -0.107. The van der Waals surface area contributed by atoms with Crippen LogP contribution in [0.3, 0.4) is 0 Å². The van der Waals surface area contributed by atoms with Crippen LogP contribution in [0.2, 0.25) is 5.02 Å². The minimum atomic E-state index is -0.481. The van der Waals surface area contributed by atoms with Crippen molar-refractivity contribution in [3.8, 4) is 5.75 Å². The summed E-state index contributed by atoms with van der Waals surface area (Å²) in [7, 11) is 0. The summed E-state index contributed by atoms with van der Waals surface area (Å²) in [6, 6.07) is 2.61. The molecule has 0 amide bonds. The van der Waals surface area contributed by atoms with Crippen LogP contribution in [-0.2, 0) is 11.2 Å². The number of hydrogen-bond acceptors (Lipinski definition) is 2. The van der Waals surface area contributed by atoms with E-state index >= 15 is 0 Å². The molecule has 76 valence electrons. The van der Waals surface area contributed by atoms with Crippen molar-refractivity contribution in [1.29, 1.82) is 0 Å². The van der Waals surface area contributed by atoms with Crippen LogP contribution in [-0.4, -0.2) is 12.9 Å². The Hall–Kier alpha value is -1.09. The maximum absolute atomic E-state index is 13.2. The average Bonchev–Trinajstić information content (AvgIpc) is 2.14. The van der Waals surface area contributed by atoms with Crippen LogP contribution in [0.4, 0.5) is 4.39 Å². The summed E-state index contributed by atoms with van der Waals surface area (Å²) in [6.45, 7) is 2.25. The molecule has 0 radical (unpaired) electrons. The highest BCUT2D eigenvalue weighted by atomic mass is 35.5. The molecule has 1 rings (SSSR count). The molecule has 0 aliphatic heterocycles. The first-order chi connectivity index (χ1) is 6.69. The molecule has 0 spiro atoms. The lowest BCUT2D eigenvalue weighted by Crippen LogP contribution is -1.97. The van der Waals surface area contributed by atoms with Gasteiger partial charge in [0.25, 0.3) is 0 Å². The number of rotatable bonds is 4. The lowest BCUT2D eigenvalue weighted by Gasteiger charge is -2.07. The highest BCUT2D eigenvalue weighted by Gasteiger charge is 2.08. The standard InChI is InChI=1S/C10H10ClFO2/c1-2-14-10-5-7(3-4-13)9(12)6-8(10)11/h4-6H,2-3H2,1H3. The first kappa shape index (κ1) is 11.0. The van der Waals surface area contributed by atoms with Gasteiger partial charge in [0.2, 0.25) is 0 Å². The van der Waals surface area contributed by atoms with Gasteiger partial charge in [0.1, 0.15) is 17.9 Å². The molecule has 2 nitrogen and oxygen atoms in total. The SMILES string of the molecule is CCOc1cc(CC=O)c(F)cc1Cl. The van der Waals surface area contributed by atoms with Crippen molar-refractivity contribution in [1.82, 2.24) is 0 Å². The van der Waals surface area contributed by atoms with Crippen LogP contribution >= 0.6 is 11.6 Å². The molecule has 14 heavy (non-hydrogen) atoms. The second kappa shape index (κ2) is 4.96. The van der Waals surface area contributed by atoms with Crippen LogP contribution in [0.1, 0.15) is 12.5 Å². The Morgan fingerprint density at radius 3 is 2.86 bits per heavy atom. The monoisotopic (exact) mass is 216 g/mol. The number of benzene rings is 1. The molecule has 0 saturated carbocycles. The molecule has 4 heteroatoms. The Morgan fingerprint density at radius 1 is 1.57 bits per heavy atom. The van der Waals surface area contributed by atoms with Gasteiger partial charge in [-0.05, 0) is 24.6 Å². The molecule has 0 aromatic heterocycles. The smallest absolute Gasteiger partial charge is 0.138 e. The molecule has 1 aromatic carbocycles. The number of halogens is 2. The fraction of sp³-hybridized carbons (Fsp3) is 0.300. The first-order valence-electron chi connectivity index (χ1n) is 4.23. The predicted molar refractivity (Wildman–Crippen MR) is 52.3 cm³/mol. The molecular weight excluding hydrogens is 207 g/mol. The van der Waals surface area contributed by atoms with Crippen molar-refractivity contribution in [2.24, 2.45) is 0 Å². The summed E-state index contributed by atoms with van der Waals surface area (Å²) in [6.07, 6.45) is 0.672. The zero-order valence-corrected chi connectivity index (χ0v) is 8.47. The number of ether oxygens (including phenoxy) is 1. The molecule has 0 bridgehead atoms. The zero-order valence-electron chi connectivity index (χ0n) is 7.72. The quantitative estimate of drug-likeness (QED) is 0.724. The van der Waals surface area contributed by atoms with Gasteiger partial charge in [0, 0.05) is 6.42 Å². The zero-order chi connectivity index (χ0) is 10.6. The van der Waals surface area contributed by atoms with Gasteiger partial charge in [0.05, 0.1) is 11.6 Å². The van der Waals surface area contributed by atoms with Gasteiger partial charge >= 0.3 is 0 Å². The highest BCUT2D eigenvalue weighted by Crippen LogP contribution is 2.27. The van der Waals surface area contributed by atoms with E-state index in [0.29, 0.717) is 24.2 Å². The van der Waals surface area contributed by atoms with E-state index in [1.54, 1.807) is 6.92 Å². The van der Waals surface area contributed by atoms with Crippen molar-refractivity contribution < 1.29 is 13.9 Å². The second-order valence-electron chi connectivity index (χ2n) is 2.68. The van der Waals surface area contributed by atoms with Crippen LogP contribution in [0, 0.1) is 5.82 Å². The van der Waals surface area contributed by atoms with Gasteiger partial charge in [-0.15, -0.1) is 0 Å². The Bertz CT molecular complexity index is 339. The number of carbonyl (C=O) groups is 1. The van der Waals surface area contributed by atoms with Gasteiger partial charge in [-0.2, -0.15) is 0 Å². The second-order valence-corrected chi connectivity index (χ2v) is 3.09. The van der Waals surface area contributed by atoms with Gasteiger partial charge < -0.3 is 9.53 Å². The summed E-state index contributed by atoms with van der Waals surface area (Å²) in [5.74, 6) is -0.0713. The summed E-state index contributed by atoms with van der Waals surface area (Å²) >= 11 is 5.73. The van der Waals surface area contributed by atoms with Crippen LogP contribution in [0.15, 0.2) is 12.1 Å². The van der Waals surface area contributed by atoms with Crippen molar-refractivity contribution in [3.05, 3.63) is 28.5 Å². The van der Waals surface area contributed by atoms with Gasteiger partial charge in [-0.3, -0.25) is 0 Å². The molecule has 0 saturated heterocycles. The summed E-state index contributed by atoms with van der Waals surface area (Å²) in [4.78, 5) is 10.2. The molecule has 0 aliphatic rings. The molecule has 0 unspecified atom stereocenters. The van der Waals surface area contributed by atoms with Gasteiger partial charge in [-0.25, -0.2) is 4.39 Å². The minimum Gasteiger partial charge on any atom is -0.492 e. The average molecular weight is 217 g/mol. The molecule has 0 fully saturated rings. The third kappa shape index (κ3) is 2.45. The van der Waals surface area contributed by atoms with Crippen molar-refractivity contribution in [2.75, 3.05) is 6.61 Å². The molecule has 1 aromatic rings. The Kier molecular flexibility index (Phi) is 3.89. The summed E-state index contributed by atoms with van der Waals surface area (Å²) < 4.78 is 18.3. The van der Waals surface area contributed by atoms with Crippen molar-refractivity contribution in [3.63, 3.8) is 0 Å². The third-order valence-electron chi connectivity index (χ3n) is 1.70. The fourth-order valence-corrected chi connectivity index (χ4v) is 1.29. The van der Waals surface area contributed by atoms with E-state index in [9.17, 15) is 9.18 Å². The molecular formula is C10H10ClFO2.